The van der Waals surface area contributed by atoms with Crippen molar-refractivity contribution in [3.05, 3.63) is 33.3 Å². The molecule has 14 heavy (non-hydrogen) atoms. The summed E-state index contributed by atoms with van der Waals surface area (Å²) in [4.78, 5) is 0. The maximum atomic E-state index is 12.1. The molecule has 1 aromatic rings. The summed E-state index contributed by atoms with van der Waals surface area (Å²) in [5.41, 5.74) is 5.95. The van der Waals surface area contributed by atoms with E-state index in [-0.39, 0.29) is 6.42 Å². The van der Waals surface area contributed by atoms with Crippen molar-refractivity contribution in [1.82, 2.24) is 0 Å². The van der Waals surface area contributed by atoms with E-state index in [0.29, 0.717) is 10.6 Å². The van der Waals surface area contributed by atoms with Gasteiger partial charge in [-0.05, 0) is 30.2 Å². The average molecular weight is 285 g/mol. The SMILES string of the molecule is NC(Cc1cc(Cl)cc(Br)c1)C(F)F. The van der Waals surface area contributed by atoms with Crippen molar-refractivity contribution in [2.75, 3.05) is 0 Å². The molecule has 2 N–H and O–H groups in total. The fraction of sp³-hybridized carbons (Fsp3) is 0.333. The lowest BCUT2D eigenvalue weighted by atomic mass is 10.1. The fourth-order valence-corrected chi connectivity index (χ4v) is 2.02. The maximum Gasteiger partial charge on any atom is 0.253 e. The van der Waals surface area contributed by atoms with Gasteiger partial charge in [0, 0.05) is 9.50 Å². The normalized spacial score (nSPS) is 13.3. The molecule has 5 heteroatoms. The minimum atomic E-state index is -2.51. The Hall–Kier alpha value is -0.190. The van der Waals surface area contributed by atoms with Gasteiger partial charge < -0.3 is 5.73 Å². The van der Waals surface area contributed by atoms with Crippen LogP contribution >= 0.6 is 27.5 Å². The van der Waals surface area contributed by atoms with E-state index < -0.39 is 12.5 Å². The summed E-state index contributed by atoms with van der Waals surface area (Å²) in [6, 6.07) is 3.92. The Balaban J connectivity index is 2.76. The van der Waals surface area contributed by atoms with Gasteiger partial charge in [-0.3, -0.25) is 0 Å². The molecule has 0 saturated carbocycles. The van der Waals surface area contributed by atoms with Crippen LogP contribution < -0.4 is 5.73 Å². The third kappa shape index (κ3) is 3.52. The third-order valence-corrected chi connectivity index (χ3v) is 2.39. The molecule has 0 aliphatic heterocycles. The number of rotatable bonds is 3. The molecule has 78 valence electrons. The molecule has 1 nitrogen and oxygen atoms in total. The first-order chi connectivity index (χ1) is 6.49. The molecule has 0 radical (unpaired) electrons. The van der Waals surface area contributed by atoms with Crippen LogP contribution in [0.2, 0.25) is 5.02 Å². The summed E-state index contributed by atoms with van der Waals surface area (Å²) in [6.07, 6.45) is -2.38. The summed E-state index contributed by atoms with van der Waals surface area (Å²) in [5, 5.41) is 0.510. The zero-order valence-corrected chi connectivity index (χ0v) is 9.52. The number of hydrogen-bond donors (Lipinski definition) is 1. The summed E-state index contributed by atoms with van der Waals surface area (Å²) in [5.74, 6) is 0. The Kier molecular flexibility index (Phi) is 4.29. The second-order valence-electron chi connectivity index (χ2n) is 2.98. The van der Waals surface area contributed by atoms with Gasteiger partial charge in [0.25, 0.3) is 6.43 Å². The Labute approximate surface area is 94.4 Å². The molecule has 0 aliphatic rings. The highest BCUT2D eigenvalue weighted by Gasteiger charge is 2.15. The van der Waals surface area contributed by atoms with Crippen molar-refractivity contribution < 1.29 is 8.78 Å². The topological polar surface area (TPSA) is 26.0 Å². The molecule has 0 heterocycles. The summed E-state index contributed by atoms with van der Waals surface area (Å²) in [6.45, 7) is 0. The van der Waals surface area contributed by atoms with Crippen LogP contribution in [0, 0.1) is 0 Å². The first-order valence-corrected chi connectivity index (χ1v) is 5.15. The van der Waals surface area contributed by atoms with E-state index in [4.69, 9.17) is 17.3 Å². The fourth-order valence-electron chi connectivity index (χ4n) is 1.09. The van der Waals surface area contributed by atoms with E-state index in [9.17, 15) is 8.78 Å². The van der Waals surface area contributed by atoms with Crippen LogP contribution in [0.4, 0.5) is 8.78 Å². The first-order valence-electron chi connectivity index (χ1n) is 3.97. The van der Waals surface area contributed by atoms with E-state index in [2.05, 4.69) is 15.9 Å². The number of benzene rings is 1. The zero-order valence-electron chi connectivity index (χ0n) is 7.18. The van der Waals surface area contributed by atoms with Crippen molar-refractivity contribution in [2.24, 2.45) is 5.73 Å². The number of alkyl halides is 2. The van der Waals surface area contributed by atoms with Gasteiger partial charge in [-0.2, -0.15) is 0 Å². The Bertz CT molecular complexity index is 299. The minimum absolute atomic E-state index is 0.122. The maximum absolute atomic E-state index is 12.1. The lowest BCUT2D eigenvalue weighted by Crippen LogP contribution is -2.30. The predicted octanol–water partition coefficient (Wildman–Crippen LogP) is 3.24. The summed E-state index contributed by atoms with van der Waals surface area (Å²) in [7, 11) is 0. The smallest absolute Gasteiger partial charge is 0.253 e. The summed E-state index contributed by atoms with van der Waals surface area (Å²) < 4.78 is 25.1. The van der Waals surface area contributed by atoms with Gasteiger partial charge >= 0.3 is 0 Å². The highest BCUT2D eigenvalue weighted by molar-refractivity contribution is 9.10. The number of nitrogens with two attached hydrogens (primary N) is 1. The van der Waals surface area contributed by atoms with E-state index >= 15 is 0 Å². The van der Waals surface area contributed by atoms with Gasteiger partial charge in [0.05, 0.1) is 6.04 Å². The van der Waals surface area contributed by atoms with Gasteiger partial charge in [-0.15, -0.1) is 0 Å². The molecule has 0 saturated heterocycles. The molecular formula is C9H9BrClF2N. The second kappa shape index (κ2) is 5.05. The highest BCUT2D eigenvalue weighted by atomic mass is 79.9. The van der Waals surface area contributed by atoms with E-state index in [0.717, 1.165) is 4.47 Å². The minimum Gasteiger partial charge on any atom is -0.323 e. The van der Waals surface area contributed by atoms with Gasteiger partial charge in [0.15, 0.2) is 0 Å². The Morgan fingerprint density at radius 3 is 2.50 bits per heavy atom. The second-order valence-corrected chi connectivity index (χ2v) is 4.33. The molecule has 1 atom stereocenters. The molecule has 0 aliphatic carbocycles. The van der Waals surface area contributed by atoms with Crippen LogP contribution in [0.25, 0.3) is 0 Å². The Morgan fingerprint density at radius 1 is 1.36 bits per heavy atom. The lowest BCUT2D eigenvalue weighted by Gasteiger charge is -2.10. The van der Waals surface area contributed by atoms with Crippen LogP contribution in [0.5, 0.6) is 0 Å². The third-order valence-electron chi connectivity index (χ3n) is 1.72. The molecule has 0 spiro atoms. The van der Waals surface area contributed by atoms with Crippen molar-refractivity contribution in [3.8, 4) is 0 Å². The molecule has 0 bridgehead atoms. The molecule has 0 fully saturated rings. The molecule has 0 aromatic heterocycles. The Morgan fingerprint density at radius 2 is 2.00 bits per heavy atom. The van der Waals surface area contributed by atoms with Crippen LogP contribution in [0.3, 0.4) is 0 Å². The monoisotopic (exact) mass is 283 g/mol. The lowest BCUT2D eigenvalue weighted by molar-refractivity contribution is 0.116. The molecule has 1 aromatic carbocycles. The molecule has 0 amide bonds. The van der Waals surface area contributed by atoms with E-state index in [1.807, 2.05) is 0 Å². The summed E-state index contributed by atoms with van der Waals surface area (Å²) >= 11 is 8.98. The van der Waals surface area contributed by atoms with Gasteiger partial charge in [-0.25, -0.2) is 8.78 Å². The predicted molar refractivity (Wildman–Crippen MR) is 56.8 cm³/mol. The van der Waals surface area contributed by atoms with Crippen LogP contribution in [-0.4, -0.2) is 12.5 Å². The van der Waals surface area contributed by atoms with Crippen molar-refractivity contribution in [3.63, 3.8) is 0 Å². The first kappa shape index (κ1) is 11.9. The quantitative estimate of drug-likeness (QED) is 0.906. The van der Waals surface area contributed by atoms with Crippen molar-refractivity contribution in [1.29, 1.82) is 0 Å². The van der Waals surface area contributed by atoms with Crippen LogP contribution in [0.15, 0.2) is 22.7 Å². The van der Waals surface area contributed by atoms with Crippen LogP contribution in [-0.2, 0) is 6.42 Å². The molecule has 1 unspecified atom stereocenters. The largest absolute Gasteiger partial charge is 0.323 e. The van der Waals surface area contributed by atoms with Gasteiger partial charge in [-0.1, -0.05) is 27.5 Å². The van der Waals surface area contributed by atoms with Gasteiger partial charge in [0.1, 0.15) is 0 Å². The average Bonchev–Trinajstić information content (AvgIpc) is 2.01. The number of hydrogen-bond acceptors (Lipinski definition) is 1. The van der Waals surface area contributed by atoms with Crippen LogP contribution in [0.1, 0.15) is 5.56 Å². The van der Waals surface area contributed by atoms with Gasteiger partial charge in [0.2, 0.25) is 0 Å². The molecule has 1 rings (SSSR count). The zero-order chi connectivity index (χ0) is 10.7. The van der Waals surface area contributed by atoms with E-state index in [1.165, 1.54) is 0 Å². The standard InChI is InChI=1S/C9H9BrClF2N/c10-6-1-5(2-7(11)4-6)3-8(14)9(12)13/h1-2,4,8-9H,3,14H2. The van der Waals surface area contributed by atoms with E-state index in [1.54, 1.807) is 18.2 Å². The van der Waals surface area contributed by atoms with Crippen molar-refractivity contribution in [2.45, 2.75) is 18.9 Å². The van der Waals surface area contributed by atoms with Crippen molar-refractivity contribution >= 4 is 27.5 Å². The number of halogens is 4. The highest BCUT2D eigenvalue weighted by Crippen LogP contribution is 2.21. The molecular weight excluding hydrogens is 275 g/mol.